The summed E-state index contributed by atoms with van der Waals surface area (Å²) in [5, 5.41) is 8.75. The predicted molar refractivity (Wildman–Crippen MR) is 77.5 cm³/mol. The molecule has 1 aromatic rings. The van der Waals surface area contributed by atoms with E-state index in [4.69, 9.17) is 5.11 Å². The van der Waals surface area contributed by atoms with Crippen LogP contribution in [0.4, 0.5) is 4.39 Å². The van der Waals surface area contributed by atoms with Crippen LogP contribution in [0.1, 0.15) is 25.3 Å². The van der Waals surface area contributed by atoms with Gasteiger partial charge in [0, 0.05) is 18.7 Å². The molecule has 0 radical (unpaired) electrons. The number of benzene rings is 1. The SMILES string of the molecule is CC1CCCN(S(=O)(=O)c2ccc(F)cc2C#CCO)C1. The molecule has 1 atom stereocenters. The molecule has 1 aromatic carbocycles. The molecule has 1 saturated heterocycles. The van der Waals surface area contributed by atoms with Crippen LogP contribution in [-0.4, -0.2) is 37.5 Å². The van der Waals surface area contributed by atoms with Crippen molar-refractivity contribution in [1.82, 2.24) is 4.31 Å². The first-order valence-electron chi connectivity index (χ1n) is 6.84. The number of hydrogen-bond acceptors (Lipinski definition) is 3. The summed E-state index contributed by atoms with van der Waals surface area (Å²) < 4.78 is 40.2. The van der Waals surface area contributed by atoms with Gasteiger partial charge in [0.15, 0.2) is 0 Å². The first kappa shape index (κ1) is 16.0. The Labute approximate surface area is 124 Å². The van der Waals surface area contributed by atoms with Gasteiger partial charge in [-0.05, 0) is 37.0 Å². The molecule has 1 heterocycles. The Balaban J connectivity index is 2.44. The number of rotatable bonds is 2. The molecule has 6 heteroatoms. The number of nitrogens with zero attached hydrogens (tertiary/aromatic N) is 1. The van der Waals surface area contributed by atoms with Gasteiger partial charge in [-0.2, -0.15) is 4.31 Å². The van der Waals surface area contributed by atoms with Gasteiger partial charge in [-0.15, -0.1) is 0 Å². The van der Waals surface area contributed by atoms with Crippen LogP contribution in [0.3, 0.4) is 0 Å². The van der Waals surface area contributed by atoms with E-state index >= 15 is 0 Å². The highest BCUT2D eigenvalue weighted by Crippen LogP contribution is 2.25. The number of hydrogen-bond donors (Lipinski definition) is 1. The lowest BCUT2D eigenvalue weighted by molar-refractivity contribution is 0.281. The maximum atomic E-state index is 13.3. The fourth-order valence-electron chi connectivity index (χ4n) is 2.46. The molecule has 0 bridgehead atoms. The Kier molecular flexibility index (Phi) is 4.99. The van der Waals surface area contributed by atoms with Crippen LogP contribution >= 0.6 is 0 Å². The van der Waals surface area contributed by atoms with E-state index in [9.17, 15) is 12.8 Å². The molecule has 1 aliphatic heterocycles. The lowest BCUT2D eigenvalue weighted by Crippen LogP contribution is -2.39. The normalized spacial score (nSPS) is 19.9. The molecule has 1 fully saturated rings. The third-order valence-electron chi connectivity index (χ3n) is 3.48. The second kappa shape index (κ2) is 6.56. The Morgan fingerprint density at radius 1 is 1.48 bits per heavy atom. The van der Waals surface area contributed by atoms with Crippen LogP contribution in [0.2, 0.25) is 0 Å². The zero-order valence-electron chi connectivity index (χ0n) is 11.8. The number of sulfonamides is 1. The fraction of sp³-hybridized carbons (Fsp3) is 0.467. The maximum Gasteiger partial charge on any atom is 0.244 e. The Morgan fingerprint density at radius 3 is 2.90 bits per heavy atom. The lowest BCUT2D eigenvalue weighted by atomic mass is 10.0. The van der Waals surface area contributed by atoms with Gasteiger partial charge in [0.1, 0.15) is 12.4 Å². The second-order valence-corrected chi connectivity index (χ2v) is 7.12. The van der Waals surface area contributed by atoms with Crippen molar-refractivity contribution in [3.63, 3.8) is 0 Å². The molecule has 2 rings (SSSR count). The highest BCUT2D eigenvalue weighted by atomic mass is 32.2. The monoisotopic (exact) mass is 311 g/mol. The topological polar surface area (TPSA) is 57.6 Å². The molecule has 1 unspecified atom stereocenters. The first-order chi connectivity index (χ1) is 9.95. The Hall–Kier alpha value is -1.42. The largest absolute Gasteiger partial charge is 0.384 e. The standard InChI is InChI=1S/C15H18FNO3S/c1-12-4-2-8-17(11-12)21(19,20)15-7-6-14(16)10-13(15)5-3-9-18/h6-7,10,12,18H,2,4,8-9,11H2,1H3. The van der Waals surface area contributed by atoms with E-state index in [2.05, 4.69) is 11.8 Å². The van der Waals surface area contributed by atoms with E-state index in [-0.39, 0.29) is 10.5 Å². The summed E-state index contributed by atoms with van der Waals surface area (Å²) in [5.74, 6) is 4.64. The van der Waals surface area contributed by atoms with Crippen molar-refractivity contribution < 1.29 is 17.9 Å². The molecule has 0 spiro atoms. The minimum atomic E-state index is -3.69. The Morgan fingerprint density at radius 2 is 2.24 bits per heavy atom. The molecule has 21 heavy (non-hydrogen) atoms. The van der Waals surface area contributed by atoms with E-state index in [1.54, 1.807) is 0 Å². The van der Waals surface area contributed by atoms with Crippen LogP contribution in [0.25, 0.3) is 0 Å². The number of aliphatic hydroxyl groups is 1. The molecule has 0 saturated carbocycles. The van der Waals surface area contributed by atoms with Crippen LogP contribution in [0.5, 0.6) is 0 Å². The summed E-state index contributed by atoms with van der Waals surface area (Å²) in [6.07, 6.45) is 1.83. The van der Waals surface area contributed by atoms with Gasteiger partial charge >= 0.3 is 0 Å². The van der Waals surface area contributed by atoms with E-state index in [1.807, 2.05) is 6.92 Å². The highest BCUT2D eigenvalue weighted by molar-refractivity contribution is 7.89. The molecular formula is C15H18FNO3S. The molecule has 114 valence electrons. The van der Waals surface area contributed by atoms with Crippen molar-refractivity contribution in [2.45, 2.75) is 24.7 Å². The highest BCUT2D eigenvalue weighted by Gasteiger charge is 2.30. The fourth-order valence-corrected chi connectivity index (χ4v) is 4.19. The van der Waals surface area contributed by atoms with E-state index in [0.717, 1.165) is 25.0 Å². The van der Waals surface area contributed by atoms with E-state index in [0.29, 0.717) is 19.0 Å². The van der Waals surface area contributed by atoms with Crippen LogP contribution in [0.15, 0.2) is 23.1 Å². The summed E-state index contributed by atoms with van der Waals surface area (Å²) >= 11 is 0. The average molecular weight is 311 g/mol. The number of piperidine rings is 1. The van der Waals surface area contributed by atoms with Crippen LogP contribution in [-0.2, 0) is 10.0 Å². The zero-order chi connectivity index (χ0) is 15.5. The summed E-state index contributed by atoms with van der Waals surface area (Å²) in [6.45, 7) is 2.54. The molecule has 4 nitrogen and oxygen atoms in total. The molecule has 0 amide bonds. The zero-order valence-corrected chi connectivity index (χ0v) is 12.7. The molecule has 1 N–H and O–H groups in total. The third-order valence-corrected chi connectivity index (χ3v) is 5.40. The number of aliphatic hydroxyl groups excluding tert-OH is 1. The molecule has 1 aliphatic rings. The van der Waals surface area contributed by atoms with Crippen molar-refractivity contribution in [3.05, 3.63) is 29.6 Å². The van der Waals surface area contributed by atoms with Gasteiger partial charge in [0.05, 0.1) is 4.90 Å². The van der Waals surface area contributed by atoms with Gasteiger partial charge in [0.2, 0.25) is 10.0 Å². The van der Waals surface area contributed by atoms with Gasteiger partial charge in [-0.25, -0.2) is 12.8 Å². The first-order valence-corrected chi connectivity index (χ1v) is 8.28. The minimum absolute atomic E-state index is 0.000972. The van der Waals surface area contributed by atoms with Crippen molar-refractivity contribution in [2.24, 2.45) is 5.92 Å². The lowest BCUT2D eigenvalue weighted by Gasteiger charge is -2.30. The molecule has 0 aliphatic carbocycles. The summed E-state index contributed by atoms with van der Waals surface area (Å²) in [6, 6.07) is 3.44. The van der Waals surface area contributed by atoms with Gasteiger partial charge < -0.3 is 5.11 Å². The maximum absolute atomic E-state index is 13.3. The minimum Gasteiger partial charge on any atom is -0.384 e. The van der Waals surface area contributed by atoms with Gasteiger partial charge in [-0.3, -0.25) is 0 Å². The third kappa shape index (κ3) is 3.62. The van der Waals surface area contributed by atoms with Crippen molar-refractivity contribution in [2.75, 3.05) is 19.7 Å². The second-order valence-electron chi connectivity index (χ2n) is 5.21. The van der Waals surface area contributed by atoms with Crippen molar-refractivity contribution in [3.8, 4) is 11.8 Å². The van der Waals surface area contributed by atoms with Gasteiger partial charge in [-0.1, -0.05) is 18.8 Å². The Bertz CT molecular complexity index is 676. The predicted octanol–water partition coefficient (Wildman–Crippen LogP) is 1.59. The summed E-state index contributed by atoms with van der Waals surface area (Å²) in [7, 11) is -3.69. The average Bonchev–Trinajstić information content (AvgIpc) is 2.45. The summed E-state index contributed by atoms with van der Waals surface area (Å²) in [4.78, 5) is -0.000972. The van der Waals surface area contributed by atoms with Crippen LogP contribution < -0.4 is 0 Å². The quantitative estimate of drug-likeness (QED) is 0.844. The van der Waals surface area contributed by atoms with E-state index in [1.165, 1.54) is 10.4 Å². The van der Waals surface area contributed by atoms with Crippen molar-refractivity contribution in [1.29, 1.82) is 0 Å². The van der Waals surface area contributed by atoms with Crippen LogP contribution in [0, 0.1) is 23.6 Å². The van der Waals surface area contributed by atoms with E-state index < -0.39 is 22.4 Å². The summed E-state index contributed by atoms with van der Waals surface area (Å²) in [5.41, 5.74) is 0.0854. The molecular weight excluding hydrogens is 293 g/mol. The smallest absolute Gasteiger partial charge is 0.244 e. The van der Waals surface area contributed by atoms with Gasteiger partial charge in [0.25, 0.3) is 0 Å². The number of halogens is 1. The van der Waals surface area contributed by atoms with Crippen molar-refractivity contribution >= 4 is 10.0 Å². The molecule has 0 aromatic heterocycles.